The number of nitrogens with zero attached hydrogens (tertiary/aromatic N) is 5. The van der Waals surface area contributed by atoms with E-state index in [9.17, 15) is 18.0 Å². The molecule has 3 heterocycles. The lowest BCUT2D eigenvalue weighted by molar-refractivity contribution is -0.136. The molecule has 11 heteroatoms. The minimum atomic E-state index is -4.56. The summed E-state index contributed by atoms with van der Waals surface area (Å²) >= 11 is 5.94. The Morgan fingerprint density at radius 1 is 1.03 bits per heavy atom. The van der Waals surface area contributed by atoms with E-state index in [1.165, 1.54) is 18.5 Å². The summed E-state index contributed by atoms with van der Waals surface area (Å²) in [7, 11) is 0. The SMILES string of the molecule is Cc1cc(C(F)(F)F)c2c(C)nn(CC(=O)Nc3c(C)nn(Cc4ccc(Cl)cc4)c3C)c2n1. The maximum absolute atomic E-state index is 13.5. The number of halogens is 4. The summed E-state index contributed by atoms with van der Waals surface area (Å²) in [5.74, 6) is -0.446. The molecular formula is C23H22ClF3N6O. The Morgan fingerprint density at radius 3 is 2.32 bits per heavy atom. The lowest BCUT2D eigenvalue weighted by Gasteiger charge is -2.10. The average Bonchev–Trinajstić information content (AvgIpc) is 3.19. The molecule has 1 N–H and O–H groups in total. The molecule has 0 radical (unpaired) electrons. The summed E-state index contributed by atoms with van der Waals surface area (Å²) in [5, 5.41) is 12.0. The van der Waals surface area contributed by atoms with Crippen LogP contribution in [0.4, 0.5) is 18.9 Å². The fraction of sp³-hybridized carbons (Fsp3) is 0.304. The van der Waals surface area contributed by atoms with Crippen LogP contribution in [0.15, 0.2) is 30.3 Å². The minimum Gasteiger partial charge on any atom is -0.321 e. The number of amides is 1. The van der Waals surface area contributed by atoms with Gasteiger partial charge in [-0.05, 0) is 51.5 Å². The monoisotopic (exact) mass is 490 g/mol. The third-order valence-electron chi connectivity index (χ3n) is 5.50. The van der Waals surface area contributed by atoms with Gasteiger partial charge in [0.15, 0.2) is 5.65 Å². The van der Waals surface area contributed by atoms with Gasteiger partial charge in [0.25, 0.3) is 0 Å². The van der Waals surface area contributed by atoms with Gasteiger partial charge in [-0.3, -0.25) is 9.48 Å². The Balaban J connectivity index is 1.58. The van der Waals surface area contributed by atoms with E-state index >= 15 is 0 Å². The molecule has 0 aliphatic carbocycles. The van der Waals surface area contributed by atoms with Crippen LogP contribution in [0.25, 0.3) is 11.0 Å². The molecule has 4 aromatic rings. The van der Waals surface area contributed by atoms with E-state index in [2.05, 4.69) is 20.5 Å². The predicted octanol–water partition coefficient (Wildman–Crippen LogP) is 5.22. The van der Waals surface area contributed by atoms with Gasteiger partial charge >= 0.3 is 6.18 Å². The van der Waals surface area contributed by atoms with E-state index in [-0.39, 0.29) is 29.0 Å². The van der Waals surface area contributed by atoms with E-state index in [0.29, 0.717) is 22.9 Å². The Morgan fingerprint density at radius 2 is 1.68 bits per heavy atom. The van der Waals surface area contributed by atoms with Gasteiger partial charge in [0, 0.05) is 10.7 Å². The first kappa shape index (κ1) is 23.7. The summed E-state index contributed by atoms with van der Waals surface area (Å²) in [4.78, 5) is 17.1. The van der Waals surface area contributed by atoms with Gasteiger partial charge in [0.1, 0.15) is 6.54 Å². The van der Waals surface area contributed by atoms with Gasteiger partial charge in [0.05, 0.1) is 40.3 Å². The van der Waals surface area contributed by atoms with E-state index in [1.54, 1.807) is 23.7 Å². The zero-order valence-corrected chi connectivity index (χ0v) is 19.7. The van der Waals surface area contributed by atoms with Gasteiger partial charge in [-0.2, -0.15) is 23.4 Å². The number of carbonyl (C=O) groups is 1. The van der Waals surface area contributed by atoms with E-state index in [4.69, 9.17) is 11.6 Å². The molecule has 0 atom stereocenters. The van der Waals surface area contributed by atoms with Crippen molar-refractivity contribution in [1.82, 2.24) is 24.5 Å². The maximum atomic E-state index is 13.5. The van der Waals surface area contributed by atoms with Crippen molar-refractivity contribution in [2.45, 2.75) is 47.0 Å². The predicted molar refractivity (Wildman–Crippen MR) is 123 cm³/mol. The molecule has 0 saturated heterocycles. The number of anilines is 1. The number of aromatic nitrogens is 5. The number of hydrogen-bond acceptors (Lipinski definition) is 4. The number of rotatable bonds is 5. The molecule has 4 rings (SSSR count). The number of carbonyl (C=O) groups excluding carboxylic acids is 1. The molecule has 0 bridgehead atoms. The maximum Gasteiger partial charge on any atom is 0.417 e. The highest BCUT2D eigenvalue weighted by molar-refractivity contribution is 6.30. The zero-order valence-electron chi connectivity index (χ0n) is 19.0. The van der Waals surface area contributed by atoms with Crippen molar-refractivity contribution < 1.29 is 18.0 Å². The second-order valence-corrected chi connectivity index (χ2v) is 8.57. The molecule has 3 aromatic heterocycles. The Labute approximate surface area is 198 Å². The number of nitrogens with one attached hydrogen (secondary N) is 1. The lowest BCUT2D eigenvalue weighted by atomic mass is 10.1. The number of pyridine rings is 1. The summed E-state index contributed by atoms with van der Waals surface area (Å²) in [6.07, 6.45) is -4.56. The van der Waals surface area contributed by atoms with Gasteiger partial charge in [0.2, 0.25) is 5.91 Å². The molecule has 1 aromatic carbocycles. The smallest absolute Gasteiger partial charge is 0.321 e. The average molecular weight is 491 g/mol. The normalized spacial score (nSPS) is 11.9. The molecule has 0 saturated carbocycles. The van der Waals surface area contributed by atoms with Crippen LogP contribution in [0.2, 0.25) is 5.02 Å². The molecule has 0 spiro atoms. The summed E-state index contributed by atoms with van der Waals surface area (Å²) < 4.78 is 43.6. The molecule has 7 nitrogen and oxygen atoms in total. The standard InChI is InChI=1S/C23H22ClF3N6O/c1-12-9-18(23(25,26)27)20-13(2)30-33(22(20)28-12)11-19(34)29-21-14(3)31-32(15(21)4)10-16-5-7-17(24)8-6-16/h5-9H,10-11H2,1-4H3,(H,29,34). The largest absolute Gasteiger partial charge is 0.417 e. The highest BCUT2D eigenvalue weighted by atomic mass is 35.5. The highest BCUT2D eigenvalue weighted by Gasteiger charge is 2.35. The Hall–Kier alpha value is -3.40. The molecular weight excluding hydrogens is 469 g/mol. The van der Waals surface area contributed by atoms with Gasteiger partial charge < -0.3 is 5.32 Å². The molecule has 0 unspecified atom stereocenters. The van der Waals surface area contributed by atoms with Crippen LogP contribution in [0.3, 0.4) is 0 Å². The van der Waals surface area contributed by atoms with Crippen molar-refractivity contribution in [3.63, 3.8) is 0 Å². The summed E-state index contributed by atoms with van der Waals surface area (Å²) in [5.41, 5.74) is 2.47. The van der Waals surface area contributed by atoms with E-state index < -0.39 is 17.6 Å². The van der Waals surface area contributed by atoms with Crippen LogP contribution < -0.4 is 5.32 Å². The van der Waals surface area contributed by atoms with Crippen molar-refractivity contribution >= 4 is 34.2 Å². The first-order valence-corrected chi connectivity index (χ1v) is 10.8. The first-order chi connectivity index (χ1) is 15.9. The number of benzene rings is 1. The first-order valence-electron chi connectivity index (χ1n) is 10.4. The quantitative estimate of drug-likeness (QED) is 0.416. The van der Waals surface area contributed by atoms with Crippen LogP contribution in [-0.4, -0.2) is 30.5 Å². The molecule has 1 amide bonds. The number of fused-ring (bicyclic) bond motifs is 1. The van der Waals surface area contributed by atoms with Crippen LogP contribution in [0.5, 0.6) is 0 Å². The van der Waals surface area contributed by atoms with Gasteiger partial charge in [-0.25, -0.2) is 9.67 Å². The van der Waals surface area contributed by atoms with Crippen LogP contribution in [0.1, 0.15) is 33.9 Å². The van der Waals surface area contributed by atoms with Gasteiger partial charge in [-0.1, -0.05) is 23.7 Å². The van der Waals surface area contributed by atoms with E-state index in [1.807, 2.05) is 19.1 Å². The van der Waals surface area contributed by atoms with Crippen LogP contribution in [-0.2, 0) is 24.1 Å². The lowest BCUT2D eigenvalue weighted by Crippen LogP contribution is -2.20. The Kier molecular flexibility index (Phi) is 6.11. The highest BCUT2D eigenvalue weighted by Crippen LogP contribution is 2.36. The fourth-order valence-corrected chi connectivity index (χ4v) is 4.05. The van der Waals surface area contributed by atoms with Crippen molar-refractivity contribution in [2.24, 2.45) is 0 Å². The number of hydrogen-bond donors (Lipinski definition) is 1. The third-order valence-corrected chi connectivity index (χ3v) is 5.75. The van der Waals surface area contributed by atoms with Crippen LogP contribution in [0, 0.1) is 27.7 Å². The summed E-state index contributed by atoms with van der Waals surface area (Å²) in [6.45, 7) is 6.75. The summed E-state index contributed by atoms with van der Waals surface area (Å²) in [6, 6.07) is 8.37. The van der Waals surface area contributed by atoms with Crippen molar-refractivity contribution in [3.8, 4) is 0 Å². The van der Waals surface area contributed by atoms with E-state index in [0.717, 1.165) is 17.3 Å². The van der Waals surface area contributed by atoms with Crippen molar-refractivity contribution in [1.29, 1.82) is 0 Å². The Bertz CT molecular complexity index is 1390. The topological polar surface area (TPSA) is 77.6 Å². The third kappa shape index (κ3) is 4.63. The fourth-order valence-electron chi connectivity index (χ4n) is 3.92. The molecule has 0 fully saturated rings. The molecule has 34 heavy (non-hydrogen) atoms. The minimum absolute atomic E-state index is 0.0202. The van der Waals surface area contributed by atoms with Crippen molar-refractivity contribution in [2.75, 3.05) is 5.32 Å². The van der Waals surface area contributed by atoms with Crippen molar-refractivity contribution in [3.05, 3.63) is 69.3 Å². The molecule has 0 aliphatic rings. The molecule has 178 valence electrons. The number of alkyl halides is 3. The molecule has 0 aliphatic heterocycles. The second-order valence-electron chi connectivity index (χ2n) is 8.13. The zero-order chi connectivity index (χ0) is 24.8. The van der Waals surface area contributed by atoms with Gasteiger partial charge in [-0.15, -0.1) is 0 Å². The number of aryl methyl sites for hydroxylation is 3. The second kappa shape index (κ2) is 8.75. The van der Waals surface area contributed by atoms with Crippen LogP contribution >= 0.6 is 11.6 Å².